The summed E-state index contributed by atoms with van der Waals surface area (Å²) in [6, 6.07) is 14.4. The predicted octanol–water partition coefficient (Wildman–Crippen LogP) is 3.89. The van der Waals surface area contributed by atoms with E-state index in [1.54, 1.807) is 24.3 Å². The first-order valence-corrected chi connectivity index (χ1v) is 8.27. The summed E-state index contributed by atoms with van der Waals surface area (Å²) in [5.41, 5.74) is 1.77. The van der Waals surface area contributed by atoms with Gasteiger partial charge in [-0.15, -0.1) is 0 Å². The average molecular weight is 340 g/mol. The number of benzene rings is 2. The molecule has 5 nitrogen and oxygen atoms in total. The van der Waals surface area contributed by atoms with Gasteiger partial charge in [-0.3, -0.25) is 9.59 Å². The number of carbonyl (C=O) groups excluding carboxylic acids is 2. The molecule has 25 heavy (non-hydrogen) atoms. The third kappa shape index (κ3) is 5.64. The third-order valence-electron chi connectivity index (χ3n) is 3.65. The number of nitrogens with one attached hydrogen (secondary N) is 2. The molecule has 2 amide bonds. The molecule has 0 aromatic heterocycles. The Bertz CT molecular complexity index is 739. The maximum Gasteiger partial charge on any atom is 0.247 e. The Balaban J connectivity index is 2.01. The van der Waals surface area contributed by atoms with Gasteiger partial charge in [-0.2, -0.15) is 0 Å². The molecule has 2 N–H and O–H groups in total. The summed E-state index contributed by atoms with van der Waals surface area (Å²) in [5, 5.41) is 5.49. The third-order valence-corrected chi connectivity index (χ3v) is 3.65. The molecule has 0 aliphatic heterocycles. The van der Waals surface area contributed by atoms with Gasteiger partial charge in [0, 0.05) is 12.6 Å². The van der Waals surface area contributed by atoms with Crippen LogP contribution in [0, 0.1) is 12.8 Å². The molecule has 0 aliphatic carbocycles. The van der Waals surface area contributed by atoms with Gasteiger partial charge in [0.15, 0.2) is 0 Å². The highest BCUT2D eigenvalue weighted by atomic mass is 16.5. The monoisotopic (exact) mass is 340 g/mol. The van der Waals surface area contributed by atoms with Gasteiger partial charge in [-0.25, -0.2) is 0 Å². The van der Waals surface area contributed by atoms with Gasteiger partial charge in [0.2, 0.25) is 11.8 Å². The van der Waals surface area contributed by atoms with Gasteiger partial charge in [0.05, 0.1) is 0 Å². The summed E-state index contributed by atoms with van der Waals surface area (Å²) >= 11 is 0. The van der Waals surface area contributed by atoms with Crippen LogP contribution in [0.1, 0.15) is 26.3 Å². The number of ether oxygens (including phenoxy) is 1. The van der Waals surface area contributed by atoms with E-state index in [9.17, 15) is 9.59 Å². The Morgan fingerprint density at radius 1 is 1.00 bits per heavy atom. The van der Waals surface area contributed by atoms with Gasteiger partial charge in [0.25, 0.3) is 0 Å². The fourth-order valence-electron chi connectivity index (χ4n) is 2.40. The van der Waals surface area contributed by atoms with Crippen molar-refractivity contribution in [2.24, 2.45) is 5.92 Å². The SMILES string of the molecule is CC(=O)N[C@@H](C(=O)Nc1ccc(Oc2cccc(C)c2)cc1)C(C)C. The molecule has 0 bridgehead atoms. The van der Waals surface area contributed by atoms with Gasteiger partial charge in [0.1, 0.15) is 17.5 Å². The average Bonchev–Trinajstić information content (AvgIpc) is 2.54. The Hall–Kier alpha value is -2.82. The van der Waals surface area contributed by atoms with Crippen molar-refractivity contribution >= 4 is 17.5 Å². The van der Waals surface area contributed by atoms with E-state index < -0.39 is 6.04 Å². The maximum atomic E-state index is 12.3. The van der Waals surface area contributed by atoms with Crippen LogP contribution in [0.25, 0.3) is 0 Å². The summed E-state index contributed by atoms with van der Waals surface area (Å²) < 4.78 is 5.79. The molecule has 0 spiro atoms. The summed E-state index contributed by atoms with van der Waals surface area (Å²) in [7, 11) is 0. The Labute approximate surface area is 148 Å². The molecule has 5 heteroatoms. The van der Waals surface area contributed by atoms with E-state index >= 15 is 0 Å². The second kappa shape index (κ2) is 8.33. The normalized spacial score (nSPS) is 11.7. The quantitative estimate of drug-likeness (QED) is 0.838. The molecule has 2 aromatic rings. The first kappa shape index (κ1) is 18.5. The molecule has 0 fully saturated rings. The van der Waals surface area contributed by atoms with Crippen molar-refractivity contribution in [2.45, 2.75) is 33.7 Å². The zero-order valence-electron chi connectivity index (χ0n) is 15.0. The summed E-state index contributed by atoms with van der Waals surface area (Å²) in [6.07, 6.45) is 0. The lowest BCUT2D eigenvalue weighted by Crippen LogP contribution is -2.46. The van der Waals surface area contributed by atoms with E-state index in [0.717, 1.165) is 11.3 Å². The zero-order chi connectivity index (χ0) is 18.4. The van der Waals surface area contributed by atoms with Crippen molar-refractivity contribution in [1.82, 2.24) is 5.32 Å². The van der Waals surface area contributed by atoms with E-state index in [4.69, 9.17) is 4.74 Å². The van der Waals surface area contributed by atoms with E-state index in [1.807, 2.05) is 45.0 Å². The van der Waals surface area contributed by atoms with Crippen LogP contribution in [0.2, 0.25) is 0 Å². The fraction of sp³-hybridized carbons (Fsp3) is 0.300. The standard InChI is InChI=1S/C20H24N2O3/c1-13(2)19(21-15(4)23)20(24)22-16-8-10-17(11-9-16)25-18-7-5-6-14(3)12-18/h5-13,19H,1-4H3,(H,21,23)(H,22,24)/t19-/m1/s1. The summed E-state index contributed by atoms with van der Waals surface area (Å²) in [5.74, 6) is 0.981. The van der Waals surface area contributed by atoms with Crippen LogP contribution in [-0.2, 0) is 9.59 Å². The van der Waals surface area contributed by atoms with E-state index in [0.29, 0.717) is 11.4 Å². The molecule has 2 rings (SSSR count). The minimum Gasteiger partial charge on any atom is -0.457 e. The van der Waals surface area contributed by atoms with Crippen molar-refractivity contribution in [2.75, 3.05) is 5.32 Å². The van der Waals surface area contributed by atoms with Crippen LogP contribution in [0.3, 0.4) is 0 Å². The number of rotatable bonds is 6. The maximum absolute atomic E-state index is 12.3. The molecule has 0 unspecified atom stereocenters. The van der Waals surface area contributed by atoms with Gasteiger partial charge in [-0.1, -0.05) is 26.0 Å². The number of hydrogen-bond donors (Lipinski definition) is 2. The number of amides is 2. The molecule has 0 saturated heterocycles. The first-order chi connectivity index (χ1) is 11.8. The fourth-order valence-corrected chi connectivity index (χ4v) is 2.40. The number of anilines is 1. The second-order valence-electron chi connectivity index (χ2n) is 6.35. The summed E-state index contributed by atoms with van der Waals surface area (Å²) in [6.45, 7) is 7.18. The predicted molar refractivity (Wildman–Crippen MR) is 98.8 cm³/mol. The smallest absolute Gasteiger partial charge is 0.247 e. The Kier molecular flexibility index (Phi) is 6.17. The molecule has 0 saturated carbocycles. The number of aryl methyl sites for hydroxylation is 1. The Morgan fingerprint density at radius 2 is 1.68 bits per heavy atom. The van der Waals surface area contributed by atoms with Crippen molar-refractivity contribution < 1.29 is 14.3 Å². The minimum absolute atomic E-state index is 0.00664. The van der Waals surface area contributed by atoms with Gasteiger partial charge < -0.3 is 15.4 Å². The lowest BCUT2D eigenvalue weighted by atomic mass is 10.0. The van der Waals surface area contributed by atoms with E-state index in [1.165, 1.54) is 6.92 Å². The number of hydrogen-bond acceptors (Lipinski definition) is 3. The lowest BCUT2D eigenvalue weighted by Gasteiger charge is -2.21. The van der Waals surface area contributed by atoms with Crippen LogP contribution in [0.15, 0.2) is 48.5 Å². The van der Waals surface area contributed by atoms with Gasteiger partial charge >= 0.3 is 0 Å². The van der Waals surface area contributed by atoms with Gasteiger partial charge in [-0.05, 0) is 54.8 Å². The zero-order valence-corrected chi connectivity index (χ0v) is 15.0. The van der Waals surface area contributed by atoms with Crippen molar-refractivity contribution in [3.8, 4) is 11.5 Å². The Morgan fingerprint density at radius 3 is 2.24 bits per heavy atom. The minimum atomic E-state index is -0.569. The topological polar surface area (TPSA) is 67.4 Å². The van der Waals surface area contributed by atoms with Crippen LogP contribution >= 0.6 is 0 Å². The number of carbonyl (C=O) groups is 2. The van der Waals surface area contributed by atoms with Crippen LogP contribution < -0.4 is 15.4 Å². The lowest BCUT2D eigenvalue weighted by molar-refractivity contribution is -0.126. The molecule has 0 aliphatic rings. The van der Waals surface area contributed by atoms with Crippen LogP contribution in [0.4, 0.5) is 5.69 Å². The second-order valence-corrected chi connectivity index (χ2v) is 6.35. The highest BCUT2D eigenvalue weighted by Gasteiger charge is 2.22. The largest absolute Gasteiger partial charge is 0.457 e. The van der Waals surface area contributed by atoms with E-state index in [2.05, 4.69) is 10.6 Å². The van der Waals surface area contributed by atoms with Crippen molar-refractivity contribution in [1.29, 1.82) is 0 Å². The molecular formula is C20H24N2O3. The van der Waals surface area contributed by atoms with E-state index in [-0.39, 0.29) is 17.7 Å². The van der Waals surface area contributed by atoms with Crippen molar-refractivity contribution in [3.63, 3.8) is 0 Å². The molecular weight excluding hydrogens is 316 g/mol. The first-order valence-electron chi connectivity index (χ1n) is 8.27. The van der Waals surface area contributed by atoms with Crippen molar-refractivity contribution in [3.05, 3.63) is 54.1 Å². The highest BCUT2D eigenvalue weighted by molar-refractivity contribution is 5.97. The summed E-state index contributed by atoms with van der Waals surface area (Å²) in [4.78, 5) is 23.6. The highest BCUT2D eigenvalue weighted by Crippen LogP contribution is 2.23. The van der Waals surface area contributed by atoms with Crippen LogP contribution in [-0.4, -0.2) is 17.9 Å². The molecule has 2 aromatic carbocycles. The van der Waals surface area contributed by atoms with Crippen LogP contribution in [0.5, 0.6) is 11.5 Å². The molecule has 0 heterocycles. The molecule has 0 radical (unpaired) electrons. The molecule has 1 atom stereocenters. The molecule has 132 valence electrons.